The SMILES string of the molecule is Cc1cc(C)c(O)c(NC(=O)C(N)c2ccccc2)c1. The Hall–Kier alpha value is -2.33. The minimum absolute atomic E-state index is 0.0733. The van der Waals surface area contributed by atoms with Crippen LogP contribution in [0.25, 0.3) is 0 Å². The van der Waals surface area contributed by atoms with Gasteiger partial charge in [0.15, 0.2) is 0 Å². The van der Waals surface area contributed by atoms with Gasteiger partial charge in [-0.2, -0.15) is 0 Å². The standard InChI is InChI=1S/C16H18N2O2/c1-10-8-11(2)15(19)13(9-10)18-16(20)14(17)12-6-4-3-5-7-12/h3-9,14,19H,17H2,1-2H3,(H,18,20). The van der Waals surface area contributed by atoms with Crippen molar-refractivity contribution in [2.75, 3.05) is 5.32 Å². The third kappa shape index (κ3) is 2.97. The van der Waals surface area contributed by atoms with E-state index in [1.165, 1.54) is 0 Å². The van der Waals surface area contributed by atoms with Crippen LogP contribution in [-0.2, 0) is 4.79 Å². The zero-order valence-corrected chi connectivity index (χ0v) is 11.6. The highest BCUT2D eigenvalue weighted by atomic mass is 16.3. The highest BCUT2D eigenvalue weighted by molar-refractivity contribution is 5.96. The first-order valence-electron chi connectivity index (χ1n) is 6.40. The van der Waals surface area contributed by atoms with Crippen molar-refractivity contribution in [3.8, 4) is 5.75 Å². The molecular weight excluding hydrogens is 252 g/mol. The maximum atomic E-state index is 12.1. The van der Waals surface area contributed by atoms with E-state index in [0.29, 0.717) is 11.3 Å². The van der Waals surface area contributed by atoms with Crippen LogP contribution < -0.4 is 11.1 Å². The number of nitrogens with one attached hydrogen (secondary N) is 1. The molecule has 0 bridgehead atoms. The van der Waals surface area contributed by atoms with E-state index in [2.05, 4.69) is 5.32 Å². The fourth-order valence-electron chi connectivity index (χ4n) is 2.08. The van der Waals surface area contributed by atoms with Crippen LogP contribution in [0.3, 0.4) is 0 Å². The molecule has 0 aliphatic heterocycles. The van der Waals surface area contributed by atoms with Crippen LogP contribution >= 0.6 is 0 Å². The summed E-state index contributed by atoms with van der Waals surface area (Å²) in [6.07, 6.45) is 0. The number of hydrogen-bond acceptors (Lipinski definition) is 3. The summed E-state index contributed by atoms with van der Waals surface area (Å²) in [5, 5.41) is 12.6. The Labute approximate surface area is 118 Å². The summed E-state index contributed by atoms with van der Waals surface area (Å²) in [5.41, 5.74) is 8.72. The molecule has 2 aromatic carbocycles. The van der Waals surface area contributed by atoms with Crippen LogP contribution in [-0.4, -0.2) is 11.0 Å². The van der Waals surface area contributed by atoms with Gasteiger partial charge >= 0.3 is 0 Å². The Morgan fingerprint density at radius 2 is 1.85 bits per heavy atom. The van der Waals surface area contributed by atoms with Crippen LogP contribution in [0, 0.1) is 13.8 Å². The van der Waals surface area contributed by atoms with Gasteiger partial charge in [0, 0.05) is 0 Å². The van der Waals surface area contributed by atoms with Crippen molar-refractivity contribution in [2.24, 2.45) is 5.73 Å². The fourth-order valence-corrected chi connectivity index (χ4v) is 2.08. The van der Waals surface area contributed by atoms with Crippen molar-refractivity contribution in [3.05, 3.63) is 59.2 Å². The lowest BCUT2D eigenvalue weighted by molar-refractivity contribution is -0.117. The first-order valence-corrected chi connectivity index (χ1v) is 6.40. The molecule has 0 fully saturated rings. The van der Waals surface area contributed by atoms with Crippen LogP contribution in [0.1, 0.15) is 22.7 Å². The van der Waals surface area contributed by atoms with Crippen LogP contribution in [0.4, 0.5) is 5.69 Å². The van der Waals surface area contributed by atoms with Gasteiger partial charge in [0.25, 0.3) is 0 Å². The second-order valence-corrected chi connectivity index (χ2v) is 4.86. The van der Waals surface area contributed by atoms with Gasteiger partial charge in [-0.3, -0.25) is 4.79 Å². The molecule has 0 aromatic heterocycles. The number of amides is 1. The van der Waals surface area contributed by atoms with Gasteiger partial charge in [0.1, 0.15) is 11.8 Å². The molecule has 104 valence electrons. The van der Waals surface area contributed by atoms with Crippen molar-refractivity contribution in [1.29, 1.82) is 0 Å². The molecule has 4 N–H and O–H groups in total. The summed E-state index contributed by atoms with van der Waals surface area (Å²) in [5.74, 6) is -0.277. The van der Waals surface area contributed by atoms with Gasteiger partial charge in [-0.25, -0.2) is 0 Å². The predicted molar refractivity (Wildman–Crippen MR) is 79.6 cm³/mol. The van der Waals surface area contributed by atoms with E-state index < -0.39 is 6.04 Å². The van der Waals surface area contributed by atoms with Crippen molar-refractivity contribution < 1.29 is 9.90 Å². The average molecular weight is 270 g/mol. The number of carbonyl (C=O) groups excluding carboxylic acids is 1. The summed E-state index contributed by atoms with van der Waals surface area (Å²) in [6.45, 7) is 3.69. The van der Waals surface area contributed by atoms with E-state index in [4.69, 9.17) is 5.73 Å². The number of aryl methyl sites for hydroxylation is 2. The number of anilines is 1. The molecular formula is C16H18N2O2. The van der Waals surface area contributed by atoms with E-state index in [-0.39, 0.29) is 11.7 Å². The van der Waals surface area contributed by atoms with Gasteiger partial charge in [-0.1, -0.05) is 36.4 Å². The molecule has 0 spiro atoms. The Bertz CT molecular complexity index is 624. The van der Waals surface area contributed by atoms with Gasteiger partial charge in [-0.05, 0) is 36.6 Å². The molecule has 0 heterocycles. The van der Waals surface area contributed by atoms with Gasteiger partial charge < -0.3 is 16.2 Å². The third-order valence-electron chi connectivity index (χ3n) is 3.14. The second kappa shape index (κ2) is 5.75. The average Bonchev–Trinajstić information content (AvgIpc) is 2.44. The fraction of sp³-hybridized carbons (Fsp3) is 0.188. The molecule has 1 amide bonds. The molecule has 0 aliphatic rings. The van der Waals surface area contributed by atoms with E-state index in [0.717, 1.165) is 11.1 Å². The smallest absolute Gasteiger partial charge is 0.245 e. The Morgan fingerprint density at radius 1 is 1.20 bits per heavy atom. The number of benzene rings is 2. The first-order chi connectivity index (χ1) is 9.49. The topological polar surface area (TPSA) is 75.3 Å². The zero-order valence-electron chi connectivity index (χ0n) is 11.6. The quantitative estimate of drug-likeness (QED) is 0.750. The Morgan fingerprint density at radius 3 is 2.50 bits per heavy atom. The molecule has 0 aliphatic carbocycles. The van der Waals surface area contributed by atoms with Crippen LogP contribution in [0.2, 0.25) is 0 Å². The minimum atomic E-state index is -0.767. The summed E-state index contributed by atoms with van der Waals surface area (Å²) < 4.78 is 0. The maximum Gasteiger partial charge on any atom is 0.245 e. The highest BCUT2D eigenvalue weighted by Crippen LogP contribution is 2.29. The molecule has 1 atom stereocenters. The molecule has 2 rings (SSSR count). The van der Waals surface area contributed by atoms with E-state index in [9.17, 15) is 9.90 Å². The maximum absolute atomic E-state index is 12.1. The van der Waals surface area contributed by atoms with Crippen molar-refractivity contribution >= 4 is 11.6 Å². The minimum Gasteiger partial charge on any atom is -0.505 e. The predicted octanol–water partition coefficient (Wildman–Crippen LogP) is 2.65. The number of phenolic OH excluding ortho intramolecular Hbond substituents is 1. The van der Waals surface area contributed by atoms with Crippen molar-refractivity contribution in [2.45, 2.75) is 19.9 Å². The van der Waals surface area contributed by atoms with Gasteiger partial charge in [0.2, 0.25) is 5.91 Å². The molecule has 20 heavy (non-hydrogen) atoms. The van der Waals surface area contributed by atoms with Gasteiger partial charge in [0.05, 0.1) is 5.69 Å². The summed E-state index contributed by atoms with van der Waals surface area (Å²) in [7, 11) is 0. The Balaban J connectivity index is 2.20. The molecule has 4 nitrogen and oxygen atoms in total. The molecule has 0 saturated carbocycles. The summed E-state index contributed by atoms with van der Waals surface area (Å²) in [6, 6.07) is 11.9. The summed E-state index contributed by atoms with van der Waals surface area (Å²) in [4.78, 5) is 12.1. The van der Waals surface area contributed by atoms with E-state index in [1.54, 1.807) is 25.1 Å². The summed E-state index contributed by atoms with van der Waals surface area (Å²) >= 11 is 0. The lowest BCUT2D eigenvalue weighted by Gasteiger charge is -2.15. The monoisotopic (exact) mass is 270 g/mol. The second-order valence-electron chi connectivity index (χ2n) is 4.86. The normalized spacial score (nSPS) is 11.9. The highest BCUT2D eigenvalue weighted by Gasteiger charge is 2.17. The van der Waals surface area contributed by atoms with E-state index in [1.807, 2.05) is 31.2 Å². The largest absolute Gasteiger partial charge is 0.505 e. The lowest BCUT2D eigenvalue weighted by Crippen LogP contribution is -2.27. The Kier molecular flexibility index (Phi) is 4.05. The number of nitrogens with two attached hydrogens (primary N) is 1. The molecule has 0 saturated heterocycles. The number of carbonyl (C=O) groups is 1. The van der Waals surface area contributed by atoms with Crippen LogP contribution in [0.5, 0.6) is 5.75 Å². The van der Waals surface area contributed by atoms with Crippen molar-refractivity contribution in [1.82, 2.24) is 0 Å². The lowest BCUT2D eigenvalue weighted by atomic mass is 10.1. The molecule has 2 aromatic rings. The van der Waals surface area contributed by atoms with E-state index >= 15 is 0 Å². The number of hydrogen-bond donors (Lipinski definition) is 3. The number of rotatable bonds is 3. The first kappa shape index (κ1) is 14.1. The third-order valence-corrected chi connectivity index (χ3v) is 3.14. The number of phenols is 1. The van der Waals surface area contributed by atoms with Gasteiger partial charge in [-0.15, -0.1) is 0 Å². The molecule has 4 heteroatoms. The zero-order chi connectivity index (χ0) is 14.7. The number of aromatic hydroxyl groups is 1. The van der Waals surface area contributed by atoms with Crippen LogP contribution in [0.15, 0.2) is 42.5 Å². The molecule has 1 unspecified atom stereocenters. The van der Waals surface area contributed by atoms with Crippen molar-refractivity contribution in [3.63, 3.8) is 0 Å². The molecule has 0 radical (unpaired) electrons.